The van der Waals surface area contributed by atoms with Crippen molar-refractivity contribution in [2.24, 2.45) is 0 Å². The fourth-order valence-electron chi connectivity index (χ4n) is 1.01. The van der Waals surface area contributed by atoms with Gasteiger partial charge in [0, 0.05) is 0 Å². The van der Waals surface area contributed by atoms with E-state index in [-0.39, 0.29) is 0 Å². The zero-order chi connectivity index (χ0) is 8.55. The SMILES string of the molecule is Nc1nc(N)c(-c2ccco2)[nH]1. The van der Waals surface area contributed by atoms with Gasteiger partial charge < -0.3 is 20.9 Å². The number of furan rings is 1. The molecule has 5 nitrogen and oxygen atoms in total. The van der Waals surface area contributed by atoms with E-state index in [0.717, 1.165) is 0 Å². The minimum absolute atomic E-state index is 0.291. The molecule has 0 saturated carbocycles. The van der Waals surface area contributed by atoms with E-state index in [0.29, 0.717) is 23.2 Å². The summed E-state index contributed by atoms with van der Waals surface area (Å²) in [6, 6.07) is 3.55. The van der Waals surface area contributed by atoms with Crippen molar-refractivity contribution in [2.45, 2.75) is 0 Å². The Morgan fingerprint density at radius 1 is 1.42 bits per heavy atom. The molecule has 0 aliphatic carbocycles. The van der Waals surface area contributed by atoms with Crippen molar-refractivity contribution in [3.8, 4) is 11.5 Å². The van der Waals surface area contributed by atoms with Gasteiger partial charge in [0.05, 0.1) is 6.26 Å². The fraction of sp³-hybridized carbons (Fsp3) is 0. The Morgan fingerprint density at radius 2 is 2.25 bits per heavy atom. The molecular formula is C7H8N4O. The van der Waals surface area contributed by atoms with Crippen LogP contribution in [0.1, 0.15) is 0 Å². The predicted octanol–water partition coefficient (Wildman–Crippen LogP) is 0.834. The predicted molar refractivity (Wildman–Crippen MR) is 45.1 cm³/mol. The van der Waals surface area contributed by atoms with Gasteiger partial charge in [0.15, 0.2) is 17.5 Å². The number of aromatic amines is 1. The molecule has 5 N–H and O–H groups in total. The average molecular weight is 164 g/mol. The van der Waals surface area contributed by atoms with Crippen molar-refractivity contribution in [2.75, 3.05) is 11.5 Å². The van der Waals surface area contributed by atoms with Crippen LogP contribution >= 0.6 is 0 Å². The quantitative estimate of drug-likeness (QED) is 0.582. The van der Waals surface area contributed by atoms with Gasteiger partial charge in [-0.2, -0.15) is 4.98 Å². The number of H-pyrrole nitrogens is 1. The summed E-state index contributed by atoms with van der Waals surface area (Å²) in [7, 11) is 0. The summed E-state index contributed by atoms with van der Waals surface area (Å²) in [5, 5.41) is 0. The van der Waals surface area contributed by atoms with Gasteiger partial charge in [-0.3, -0.25) is 0 Å². The summed E-state index contributed by atoms with van der Waals surface area (Å²) < 4.78 is 5.11. The smallest absolute Gasteiger partial charge is 0.200 e. The second-order valence-corrected chi connectivity index (χ2v) is 2.36. The Morgan fingerprint density at radius 3 is 2.75 bits per heavy atom. The maximum absolute atomic E-state index is 5.55. The molecule has 2 aromatic rings. The van der Waals surface area contributed by atoms with Crippen LogP contribution in [0.3, 0.4) is 0 Å². The zero-order valence-corrected chi connectivity index (χ0v) is 6.24. The summed E-state index contributed by atoms with van der Waals surface area (Å²) in [6.07, 6.45) is 1.56. The van der Waals surface area contributed by atoms with Gasteiger partial charge in [-0.1, -0.05) is 0 Å². The molecule has 0 unspecified atom stereocenters. The first-order chi connectivity index (χ1) is 5.77. The molecule has 2 rings (SSSR count). The first-order valence-corrected chi connectivity index (χ1v) is 3.42. The van der Waals surface area contributed by atoms with Crippen LogP contribution in [0.15, 0.2) is 22.8 Å². The number of imidazole rings is 1. The van der Waals surface area contributed by atoms with Gasteiger partial charge in [0.1, 0.15) is 5.69 Å². The van der Waals surface area contributed by atoms with E-state index in [1.807, 2.05) is 0 Å². The Balaban J connectivity index is 2.54. The van der Waals surface area contributed by atoms with E-state index in [1.165, 1.54) is 0 Å². The highest BCUT2D eigenvalue weighted by Gasteiger charge is 2.09. The largest absolute Gasteiger partial charge is 0.463 e. The normalized spacial score (nSPS) is 10.3. The van der Waals surface area contributed by atoms with Gasteiger partial charge in [-0.15, -0.1) is 0 Å². The summed E-state index contributed by atoms with van der Waals surface area (Å²) in [5.41, 5.74) is 11.6. The highest BCUT2D eigenvalue weighted by atomic mass is 16.3. The minimum Gasteiger partial charge on any atom is -0.463 e. The molecule has 0 atom stereocenters. The Hall–Kier alpha value is -1.91. The number of aromatic nitrogens is 2. The maximum Gasteiger partial charge on any atom is 0.200 e. The van der Waals surface area contributed by atoms with Gasteiger partial charge >= 0.3 is 0 Å². The average Bonchev–Trinajstić information content (AvgIpc) is 2.58. The van der Waals surface area contributed by atoms with Crippen molar-refractivity contribution in [1.82, 2.24) is 9.97 Å². The van der Waals surface area contributed by atoms with E-state index < -0.39 is 0 Å². The molecule has 5 heteroatoms. The first kappa shape index (κ1) is 6.78. The molecule has 0 aromatic carbocycles. The number of rotatable bonds is 1. The number of hydrogen-bond acceptors (Lipinski definition) is 4. The van der Waals surface area contributed by atoms with Crippen molar-refractivity contribution >= 4 is 11.8 Å². The monoisotopic (exact) mass is 164 g/mol. The summed E-state index contributed by atoms with van der Waals surface area (Å²) in [6.45, 7) is 0. The molecule has 0 bridgehead atoms. The molecule has 0 aliphatic heterocycles. The number of hydrogen-bond donors (Lipinski definition) is 3. The van der Waals surface area contributed by atoms with Gasteiger partial charge in [-0.05, 0) is 12.1 Å². The molecule has 12 heavy (non-hydrogen) atoms. The Bertz CT molecular complexity index is 376. The van der Waals surface area contributed by atoms with Crippen LogP contribution in [0, 0.1) is 0 Å². The third-order valence-electron chi connectivity index (χ3n) is 1.52. The molecule has 0 amide bonds. The first-order valence-electron chi connectivity index (χ1n) is 3.42. The molecule has 2 heterocycles. The van der Waals surface area contributed by atoms with Gasteiger partial charge in [-0.25, -0.2) is 0 Å². The summed E-state index contributed by atoms with van der Waals surface area (Å²) >= 11 is 0. The van der Waals surface area contributed by atoms with E-state index in [2.05, 4.69) is 9.97 Å². The van der Waals surface area contributed by atoms with Crippen molar-refractivity contribution < 1.29 is 4.42 Å². The molecule has 0 spiro atoms. The van der Waals surface area contributed by atoms with Gasteiger partial charge in [0.2, 0.25) is 0 Å². The zero-order valence-electron chi connectivity index (χ0n) is 6.24. The lowest BCUT2D eigenvalue weighted by Crippen LogP contribution is -1.87. The lowest BCUT2D eigenvalue weighted by Gasteiger charge is -1.90. The lowest BCUT2D eigenvalue weighted by atomic mass is 10.3. The maximum atomic E-state index is 5.55. The van der Waals surface area contributed by atoms with E-state index in [4.69, 9.17) is 15.9 Å². The molecule has 2 aromatic heterocycles. The molecular weight excluding hydrogens is 156 g/mol. The fourth-order valence-corrected chi connectivity index (χ4v) is 1.01. The number of nitrogen functional groups attached to an aromatic ring is 2. The van der Waals surface area contributed by atoms with Crippen LogP contribution in [-0.4, -0.2) is 9.97 Å². The number of nitrogens with zero attached hydrogens (tertiary/aromatic N) is 1. The number of nitrogens with one attached hydrogen (secondary N) is 1. The van der Waals surface area contributed by atoms with Crippen LogP contribution in [0.25, 0.3) is 11.5 Å². The Labute approximate surface area is 68.4 Å². The lowest BCUT2D eigenvalue weighted by molar-refractivity contribution is 0.581. The number of anilines is 2. The molecule has 0 saturated heterocycles. The van der Waals surface area contributed by atoms with Crippen LogP contribution in [0.2, 0.25) is 0 Å². The molecule has 62 valence electrons. The van der Waals surface area contributed by atoms with Gasteiger partial charge in [0.25, 0.3) is 0 Å². The molecule has 0 radical (unpaired) electrons. The third kappa shape index (κ3) is 0.914. The van der Waals surface area contributed by atoms with Crippen molar-refractivity contribution in [1.29, 1.82) is 0 Å². The minimum atomic E-state index is 0.291. The van der Waals surface area contributed by atoms with E-state index in [9.17, 15) is 0 Å². The molecule has 0 fully saturated rings. The topological polar surface area (TPSA) is 93.9 Å². The van der Waals surface area contributed by atoms with E-state index in [1.54, 1.807) is 18.4 Å². The standard InChI is InChI=1S/C7H8N4O/c8-6-5(10-7(9)11-6)4-2-1-3-12-4/h1-3H,8H2,(H3,9,10,11). The van der Waals surface area contributed by atoms with Crippen LogP contribution in [-0.2, 0) is 0 Å². The highest BCUT2D eigenvalue weighted by molar-refractivity contribution is 5.67. The van der Waals surface area contributed by atoms with E-state index >= 15 is 0 Å². The second kappa shape index (κ2) is 2.30. The summed E-state index contributed by atoms with van der Waals surface area (Å²) in [4.78, 5) is 6.60. The number of nitrogens with two attached hydrogens (primary N) is 2. The molecule has 0 aliphatic rings. The van der Waals surface area contributed by atoms with Crippen LogP contribution < -0.4 is 11.5 Å². The second-order valence-electron chi connectivity index (χ2n) is 2.36. The van der Waals surface area contributed by atoms with Crippen LogP contribution in [0.5, 0.6) is 0 Å². The van der Waals surface area contributed by atoms with Crippen molar-refractivity contribution in [3.63, 3.8) is 0 Å². The van der Waals surface area contributed by atoms with Crippen LogP contribution in [0.4, 0.5) is 11.8 Å². The van der Waals surface area contributed by atoms with Crippen molar-refractivity contribution in [3.05, 3.63) is 18.4 Å². The highest BCUT2D eigenvalue weighted by Crippen LogP contribution is 2.23. The Kier molecular flexibility index (Phi) is 1.30. The third-order valence-corrected chi connectivity index (χ3v) is 1.52. The summed E-state index contributed by atoms with van der Waals surface area (Å²) in [5.74, 6) is 1.28.